The highest BCUT2D eigenvalue weighted by Crippen LogP contribution is 2.42. The molecular weight excluding hydrogens is 310 g/mol. The van der Waals surface area contributed by atoms with E-state index in [1.165, 1.54) is 54.0 Å². The molecule has 0 bridgehead atoms. The van der Waals surface area contributed by atoms with E-state index >= 15 is 0 Å². The van der Waals surface area contributed by atoms with Gasteiger partial charge in [0.25, 0.3) is 0 Å². The molecule has 0 aliphatic heterocycles. The van der Waals surface area contributed by atoms with Crippen molar-refractivity contribution in [1.82, 2.24) is 4.57 Å². The average molecular weight is 329 g/mol. The zero-order valence-electron chi connectivity index (χ0n) is 14.0. The molecule has 0 spiro atoms. The summed E-state index contributed by atoms with van der Waals surface area (Å²) in [6, 6.07) is 20.0. The second kappa shape index (κ2) is 5.09. The minimum absolute atomic E-state index is 1.13. The Balaban J connectivity index is 2.10. The fourth-order valence-corrected chi connectivity index (χ4v) is 5.29. The summed E-state index contributed by atoms with van der Waals surface area (Å²) in [4.78, 5) is 0. The number of thiophene rings is 1. The first-order chi connectivity index (χ1) is 11.8. The van der Waals surface area contributed by atoms with Crippen LogP contribution in [0.3, 0.4) is 0 Å². The van der Waals surface area contributed by atoms with Crippen molar-refractivity contribution in [1.29, 1.82) is 0 Å². The zero-order chi connectivity index (χ0) is 16.3. The van der Waals surface area contributed by atoms with Crippen LogP contribution in [0.5, 0.6) is 0 Å². The molecule has 0 aliphatic carbocycles. The summed E-state index contributed by atoms with van der Waals surface area (Å²) < 4.78 is 5.16. The normalized spacial score (nSPS) is 12.1. The number of para-hydroxylation sites is 1. The molecule has 0 amide bonds. The standard InChI is InChI=1S/C22H19NS/c1-3-8-16-21-14-9-4-6-11-17(14)23(2)18(21)13-20-22(16)15-10-5-7-12-19(15)24-20/h4-7,9-13H,3,8H2,1-2H3. The van der Waals surface area contributed by atoms with Crippen molar-refractivity contribution in [2.45, 2.75) is 19.8 Å². The molecule has 0 saturated carbocycles. The van der Waals surface area contributed by atoms with Crippen molar-refractivity contribution in [3.8, 4) is 0 Å². The van der Waals surface area contributed by atoms with Crippen molar-refractivity contribution in [3.05, 3.63) is 60.2 Å². The lowest BCUT2D eigenvalue weighted by Crippen LogP contribution is -1.89. The molecule has 1 nitrogen and oxygen atoms in total. The molecule has 0 saturated heterocycles. The fraction of sp³-hybridized carbons (Fsp3) is 0.182. The molecule has 0 fully saturated rings. The third-order valence-corrected chi connectivity index (χ3v) is 6.26. The number of nitrogens with zero attached hydrogens (tertiary/aromatic N) is 1. The van der Waals surface area contributed by atoms with E-state index < -0.39 is 0 Å². The maximum atomic E-state index is 2.40. The average Bonchev–Trinajstić information content (AvgIpc) is 3.12. The molecule has 2 heteroatoms. The third-order valence-electron chi connectivity index (χ3n) is 5.15. The number of aromatic nitrogens is 1. The van der Waals surface area contributed by atoms with Crippen LogP contribution < -0.4 is 0 Å². The Bertz CT molecular complexity index is 1220. The van der Waals surface area contributed by atoms with Crippen molar-refractivity contribution in [3.63, 3.8) is 0 Å². The second-order valence-corrected chi connectivity index (χ2v) is 7.63. The van der Waals surface area contributed by atoms with Gasteiger partial charge in [0.15, 0.2) is 0 Å². The molecule has 0 radical (unpaired) electrons. The van der Waals surface area contributed by atoms with E-state index in [4.69, 9.17) is 0 Å². The van der Waals surface area contributed by atoms with Crippen molar-refractivity contribution in [2.24, 2.45) is 7.05 Å². The van der Waals surface area contributed by atoms with Gasteiger partial charge in [-0.2, -0.15) is 0 Å². The fourth-order valence-electron chi connectivity index (χ4n) is 4.13. The third kappa shape index (κ3) is 1.75. The quantitative estimate of drug-likeness (QED) is 0.341. The van der Waals surface area contributed by atoms with Gasteiger partial charge in [0, 0.05) is 43.5 Å². The predicted molar refractivity (Wildman–Crippen MR) is 107 cm³/mol. The summed E-state index contributed by atoms with van der Waals surface area (Å²) in [5, 5.41) is 5.72. The summed E-state index contributed by atoms with van der Waals surface area (Å²) in [6.45, 7) is 2.28. The molecule has 5 rings (SSSR count). The van der Waals surface area contributed by atoms with Gasteiger partial charge in [-0.1, -0.05) is 49.7 Å². The topological polar surface area (TPSA) is 4.93 Å². The van der Waals surface area contributed by atoms with Gasteiger partial charge in [-0.05, 0) is 30.2 Å². The number of hydrogen-bond acceptors (Lipinski definition) is 1. The van der Waals surface area contributed by atoms with E-state index in [0.29, 0.717) is 0 Å². The molecule has 0 unspecified atom stereocenters. The van der Waals surface area contributed by atoms with Crippen LogP contribution in [0.15, 0.2) is 54.6 Å². The summed E-state index contributed by atoms with van der Waals surface area (Å²) >= 11 is 1.92. The van der Waals surface area contributed by atoms with Gasteiger partial charge < -0.3 is 4.57 Å². The Morgan fingerprint density at radius 2 is 1.58 bits per heavy atom. The van der Waals surface area contributed by atoms with Gasteiger partial charge in [0.2, 0.25) is 0 Å². The number of rotatable bonds is 2. The maximum Gasteiger partial charge on any atom is 0.0506 e. The SMILES string of the molecule is CCCc1c2c(cc3c1c1ccccc1n3C)sc1ccccc12. The van der Waals surface area contributed by atoms with Crippen LogP contribution in [-0.4, -0.2) is 4.57 Å². The van der Waals surface area contributed by atoms with Gasteiger partial charge in [-0.15, -0.1) is 11.3 Å². The van der Waals surface area contributed by atoms with E-state index in [1.54, 1.807) is 0 Å². The van der Waals surface area contributed by atoms with Gasteiger partial charge in [0.05, 0.1) is 5.52 Å². The summed E-state index contributed by atoms with van der Waals surface area (Å²) in [5.41, 5.74) is 4.21. The largest absolute Gasteiger partial charge is 0.344 e. The molecule has 2 aromatic heterocycles. The predicted octanol–water partition coefficient (Wildman–Crippen LogP) is 6.65. The lowest BCUT2D eigenvalue weighted by molar-refractivity contribution is 0.937. The van der Waals surface area contributed by atoms with Crippen LogP contribution in [0.1, 0.15) is 18.9 Å². The lowest BCUT2D eigenvalue weighted by atomic mass is 9.97. The van der Waals surface area contributed by atoms with E-state index in [0.717, 1.165) is 6.42 Å². The first-order valence-corrected chi connectivity index (χ1v) is 9.41. The van der Waals surface area contributed by atoms with Crippen LogP contribution in [-0.2, 0) is 13.5 Å². The van der Waals surface area contributed by atoms with E-state index in [-0.39, 0.29) is 0 Å². The molecule has 24 heavy (non-hydrogen) atoms. The molecule has 118 valence electrons. The van der Waals surface area contributed by atoms with Crippen LogP contribution in [0.4, 0.5) is 0 Å². The summed E-state index contributed by atoms with van der Waals surface area (Å²) in [5.74, 6) is 0. The van der Waals surface area contributed by atoms with E-state index in [2.05, 4.69) is 73.1 Å². The van der Waals surface area contributed by atoms with E-state index in [1.807, 2.05) is 11.3 Å². The monoisotopic (exact) mass is 329 g/mol. The minimum Gasteiger partial charge on any atom is -0.344 e. The Morgan fingerprint density at radius 1 is 0.833 bits per heavy atom. The van der Waals surface area contributed by atoms with E-state index in [9.17, 15) is 0 Å². The molecule has 3 aromatic carbocycles. The zero-order valence-corrected chi connectivity index (χ0v) is 14.8. The Hall–Kier alpha value is -2.32. The molecule has 5 aromatic rings. The van der Waals surface area contributed by atoms with Crippen molar-refractivity contribution in [2.75, 3.05) is 0 Å². The molecule has 2 heterocycles. The highest BCUT2D eigenvalue weighted by atomic mass is 32.1. The lowest BCUT2D eigenvalue weighted by Gasteiger charge is -2.07. The summed E-state index contributed by atoms with van der Waals surface area (Å²) in [6.07, 6.45) is 2.30. The molecular formula is C22H19NS. The highest BCUT2D eigenvalue weighted by Gasteiger charge is 2.17. The van der Waals surface area contributed by atoms with Crippen LogP contribution in [0.2, 0.25) is 0 Å². The molecule has 0 atom stereocenters. The Labute approximate surface area is 145 Å². The number of hydrogen-bond donors (Lipinski definition) is 0. The van der Waals surface area contributed by atoms with Gasteiger partial charge in [0.1, 0.15) is 0 Å². The van der Waals surface area contributed by atoms with Crippen molar-refractivity contribution >= 4 is 53.3 Å². The van der Waals surface area contributed by atoms with Crippen LogP contribution >= 0.6 is 11.3 Å². The first-order valence-electron chi connectivity index (χ1n) is 8.60. The second-order valence-electron chi connectivity index (χ2n) is 6.55. The van der Waals surface area contributed by atoms with Crippen molar-refractivity contribution < 1.29 is 0 Å². The number of aryl methyl sites for hydroxylation is 2. The first kappa shape index (κ1) is 14.1. The van der Waals surface area contributed by atoms with Gasteiger partial charge in [-0.25, -0.2) is 0 Å². The Morgan fingerprint density at radius 3 is 2.42 bits per heavy atom. The molecule has 0 aliphatic rings. The Kier molecular flexibility index (Phi) is 2.98. The van der Waals surface area contributed by atoms with Gasteiger partial charge in [-0.3, -0.25) is 0 Å². The highest BCUT2D eigenvalue weighted by molar-refractivity contribution is 7.25. The maximum absolute atomic E-state index is 2.40. The smallest absolute Gasteiger partial charge is 0.0506 e. The molecule has 0 N–H and O–H groups in total. The number of benzene rings is 3. The van der Waals surface area contributed by atoms with Gasteiger partial charge >= 0.3 is 0 Å². The summed E-state index contributed by atoms with van der Waals surface area (Å²) in [7, 11) is 2.19. The van der Waals surface area contributed by atoms with Crippen LogP contribution in [0, 0.1) is 0 Å². The minimum atomic E-state index is 1.13. The number of fused-ring (bicyclic) bond motifs is 6. The van der Waals surface area contributed by atoms with Crippen LogP contribution in [0.25, 0.3) is 42.0 Å².